The molecule has 0 saturated heterocycles. The highest BCUT2D eigenvalue weighted by Gasteiger charge is 2.29. The van der Waals surface area contributed by atoms with Crippen LogP contribution in [0.1, 0.15) is 27.0 Å². The van der Waals surface area contributed by atoms with E-state index in [-0.39, 0.29) is 23.7 Å². The minimum absolute atomic E-state index is 0.196. The molecule has 3 aromatic rings. The maximum atomic E-state index is 13.3. The van der Waals surface area contributed by atoms with E-state index in [1.54, 1.807) is 16.7 Å². The lowest BCUT2D eigenvalue weighted by atomic mass is 10.0. The Hall–Kier alpha value is -3.72. The zero-order valence-electron chi connectivity index (χ0n) is 16.8. The summed E-state index contributed by atoms with van der Waals surface area (Å²) in [7, 11) is 0. The second-order valence-electron chi connectivity index (χ2n) is 7.61. The van der Waals surface area contributed by atoms with E-state index in [9.17, 15) is 14.4 Å². The summed E-state index contributed by atoms with van der Waals surface area (Å²) in [4.78, 5) is 44.0. The van der Waals surface area contributed by atoms with Gasteiger partial charge in [0.2, 0.25) is 0 Å². The summed E-state index contributed by atoms with van der Waals surface area (Å²) in [5, 5.41) is 12.0. The first-order chi connectivity index (χ1) is 14.8. The summed E-state index contributed by atoms with van der Waals surface area (Å²) < 4.78 is 1.93. The SMILES string of the molecule is Cc1cc(C)c2c(c1)C(=c1sc3n(c1=O)CN(c1ccc(C(=O)O)cc1)CN=3)C(=O)N2. The average Bonchev–Trinajstić information content (AvgIpc) is 3.24. The first kappa shape index (κ1) is 19.3. The van der Waals surface area contributed by atoms with Crippen LogP contribution in [0.3, 0.4) is 0 Å². The Labute approximate surface area is 180 Å². The number of rotatable bonds is 2. The van der Waals surface area contributed by atoms with Gasteiger partial charge in [-0.2, -0.15) is 0 Å². The van der Waals surface area contributed by atoms with E-state index < -0.39 is 5.97 Å². The number of carboxylic acids is 1. The lowest BCUT2D eigenvalue weighted by molar-refractivity contribution is -0.110. The minimum atomic E-state index is -0.992. The number of hydrogen-bond acceptors (Lipinski definition) is 6. The molecule has 0 spiro atoms. The molecule has 0 atom stereocenters. The number of nitrogens with one attached hydrogen (secondary N) is 1. The summed E-state index contributed by atoms with van der Waals surface area (Å²) in [6.45, 7) is 4.50. The van der Waals surface area contributed by atoms with Crippen LogP contribution in [0.25, 0.3) is 5.57 Å². The van der Waals surface area contributed by atoms with Crippen LogP contribution in [0.15, 0.2) is 46.2 Å². The van der Waals surface area contributed by atoms with Crippen LogP contribution < -0.4 is 25.1 Å². The zero-order chi connectivity index (χ0) is 21.9. The molecule has 9 heteroatoms. The van der Waals surface area contributed by atoms with Gasteiger partial charge >= 0.3 is 5.97 Å². The number of aryl methyl sites for hydroxylation is 2. The van der Waals surface area contributed by atoms with Crippen LogP contribution in [-0.2, 0) is 11.5 Å². The van der Waals surface area contributed by atoms with Gasteiger partial charge in [0, 0.05) is 11.3 Å². The zero-order valence-corrected chi connectivity index (χ0v) is 17.6. The fourth-order valence-electron chi connectivity index (χ4n) is 3.99. The van der Waals surface area contributed by atoms with Gasteiger partial charge < -0.3 is 15.3 Å². The molecule has 156 valence electrons. The molecule has 31 heavy (non-hydrogen) atoms. The Morgan fingerprint density at radius 1 is 1.16 bits per heavy atom. The average molecular weight is 434 g/mol. The van der Waals surface area contributed by atoms with Gasteiger partial charge in [-0.15, -0.1) is 0 Å². The van der Waals surface area contributed by atoms with E-state index in [0.717, 1.165) is 28.1 Å². The largest absolute Gasteiger partial charge is 0.478 e. The van der Waals surface area contributed by atoms with Gasteiger partial charge in [-0.25, -0.2) is 9.79 Å². The van der Waals surface area contributed by atoms with E-state index in [2.05, 4.69) is 10.3 Å². The molecule has 1 amide bonds. The summed E-state index contributed by atoms with van der Waals surface area (Å²) in [6.07, 6.45) is 0. The molecule has 1 aromatic heterocycles. The number of hydrogen-bond donors (Lipinski definition) is 2. The quantitative estimate of drug-likeness (QED) is 0.635. The Morgan fingerprint density at radius 3 is 2.61 bits per heavy atom. The van der Waals surface area contributed by atoms with E-state index in [1.165, 1.54) is 23.5 Å². The van der Waals surface area contributed by atoms with Crippen molar-refractivity contribution in [1.29, 1.82) is 0 Å². The highest BCUT2D eigenvalue weighted by Crippen LogP contribution is 2.33. The van der Waals surface area contributed by atoms with Crippen molar-refractivity contribution in [3.05, 3.63) is 78.3 Å². The first-order valence-corrected chi connectivity index (χ1v) is 10.4. The molecule has 0 saturated carbocycles. The van der Waals surface area contributed by atoms with Crippen LogP contribution in [0.5, 0.6) is 0 Å². The fourth-order valence-corrected chi connectivity index (χ4v) is 5.05. The Morgan fingerprint density at radius 2 is 1.90 bits per heavy atom. The van der Waals surface area contributed by atoms with Crippen molar-refractivity contribution >= 4 is 40.2 Å². The first-order valence-electron chi connectivity index (χ1n) is 9.63. The van der Waals surface area contributed by atoms with Crippen molar-refractivity contribution in [1.82, 2.24) is 4.57 Å². The lowest BCUT2D eigenvalue weighted by Gasteiger charge is -2.25. The second kappa shape index (κ2) is 6.92. The van der Waals surface area contributed by atoms with Crippen LogP contribution in [0, 0.1) is 13.8 Å². The molecular formula is C22H18N4O4S. The van der Waals surface area contributed by atoms with Gasteiger partial charge in [0.05, 0.1) is 16.8 Å². The van der Waals surface area contributed by atoms with Crippen molar-refractivity contribution in [2.75, 3.05) is 16.9 Å². The van der Waals surface area contributed by atoms with Gasteiger partial charge in [0.1, 0.15) is 17.9 Å². The third-order valence-corrected chi connectivity index (χ3v) is 6.59. The van der Waals surface area contributed by atoms with Crippen LogP contribution in [0.2, 0.25) is 0 Å². The third-order valence-electron chi connectivity index (χ3n) is 5.47. The number of carbonyl (C=O) groups excluding carboxylic acids is 1. The fraction of sp³-hybridized carbons (Fsp3) is 0.182. The Bertz CT molecular complexity index is 1450. The van der Waals surface area contributed by atoms with E-state index in [1.807, 2.05) is 30.9 Å². The smallest absolute Gasteiger partial charge is 0.335 e. The number of aromatic carboxylic acids is 1. The molecule has 2 aromatic carbocycles. The molecule has 0 fully saturated rings. The van der Waals surface area contributed by atoms with Gasteiger partial charge in [-0.1, -0.05) is 23.0 Å². The number of nitrogens with zero attached hydrogens (tertiary/aromatic N) is 3. The highest BCUT2D eigenvalue weighted by molar-refractivity contribution is 7.07. The summed E-state index contributed by atoms with van der Waals surface area (Å²) in [5.74, 6) is -1.27. The number of thiazole rings is 1. The summed E-state index contributed by atoms with van der Waals surface area (Å²) in [5.41, 5.74) is 4.58. The van der Waals surface area contributed by atoms with Crippen molar-refractivity contribution in [2.24, 2.45) is 4.99 Å². The Balaban J connectivity index is 1.60. The molecule has 0 unspecified atom stereocenters. The summed E-state index contributed by atoms with van der Waals surface area (Å²) >= 11 is 1.22. The molecular weight excluding hydrogens is 416 g/mol. The monoisotopic (exact) mass is 434 g/mol. The summed E-state index contributed by atoms with van der Waals surface area (Å²) in [6, 6.07) is 10.4. The van der Waals surface area contributed by atoms with Gasteiger partial charge in [0.25, 0.3) is 11.5 Å². The molecule has 2 aliphatic rings. The molecule has 5 rings (SSSR count). The third kappa shape index (κ3) is 3.05. The maximum Gasteiger partial charge on any atom is 0.335 e. The number of carbonyl (C=O) groups is 2. The van der Waals surface area contributed by atoms with Gasteiger partial charge in [0.15, 0.2) is 4.80 Å². The molecule has 8 nitrogen and oxygen atoms in total. The molecule has 2 N–H and O–H groups in total. The molecule has 0 radical (unpaired) electrons. The predicted octanol–water partition coefficient (Wildman–Crippen LogP) is 1.43. The number of fused-ring (bicyclic) bond motifs is 2. The van der Waals surface area contributed by atoms with E-state index in [4.69, 9.17) is 5.11 Å². The van der Waals surface area contributed by atoms with Gasteiger partial charge in [-0.05, 0) is 49.7 Å². The van der Waals surface area contributed by atoms with Gasteiger partial charge in [-0.3, -0.25) is 14.2 Å². The predicted molar refractivity (Wildman–Crippen MR) is 117 cm³/mol. The number of benzene rings is 2. The Kier molecular flexibility index (Phi) is 4.30. The van der Waals surface area contributed by atoms with Crippen molar-refractivity contribution in [3.8, 4) is 0 Å². The standard InChI is InChI=1S/C22H18N4O4S/c1-11-7-12(2)17-15(8-11)16(19(27)24-17)18-20(28)26-10-25(9-23-22(26)31-18)14-5-3-13(4-6-14)21(29)30/h3-8H,9-10H2,1-2H3,(H,24,27)(H,29,30). The normalized spacial score (nSPS) is 16.5. The van der Waals surface area contributed by atoms with Crippen molar-refractivity contribution < 1.29 is 14.7 Å². The number of anilines is 2. The highest BCUT2D eigenvalue weighted by atomic mass is 32.1. The number of amides is 1. The molecule has 0 aliphatic carbocycles. The minimum Gasteiger partial charge on any atom is -0.478 e. The van der Waals surface area contributed by atoms with Crippen LogP contribution in [0.4, 0.5) is 11.4 Å². The lowest BCUT2D eigenvalue weighted by Crippen LogP contribution is -2.43. The maximum absolute atomic E-state index is 13.3. The topological polar surface area (TPSA) is 104 Å². The second-order valence-corrected chi connectivity index (χ2v) is 8.59. The van der Waals surface area contributed by atoms with E-state index >= 15 is 0 Å². The number of aromatic nitrogens is 1. The molecule has 0 bridgehead atoms. The van der Waals surface area contributed by atoms with Crippen LogP contribution >= 0.6 is 11.3 Å². The molecule has 3 heterocycles. The van der Waals surface area contributed by atoms with Crippen LogP contribution in [-0.4, -0.2) is 28.2 Å². The number of carboxylic acid groups (broad SMARTS) is 1. The van der Waals surface area contributed by atoms with Crippen molar-refractivity contribution in [3.63, 3.8) is 0 Å². The molecule has 2 aliphatic heterocycles. The van der Waals surface area contributed by atoms with Crippen molar-refractivity contribution in [2.45, 2.75) is 20.5 Å². The van der Waals surface area contributed by atoms with E-state index in [0.29, 0.717) is 21.6 Å².